The van der Waals surface area contributed by atoms with Gasteiger partial charge in [-0.15, -0.1) is 0 Å². The summed E-state index contributed by atoms with van der Waals surface area (Å²) in [4.78, 5) is 11.4. The second kappa shape index (κ2) is 3.09. The number of hydrogen-bond acceptors (Lipinski definition) is 1. The Morgan fingerprint density at radius 2 is 2.15 bits per heavy atom. The Balaban J connectivity index is 2.71. The molecule has 1 aromatic heterocycles. The first-order chi connectivity index (χ1) is 6.33. The number of H-pyrrole nitrogens is 1. The Bertz CT molecular complexity index is 467. The number of benzene rings is 1. The topological polar surface area (TPSA) is 37.8 Å². The van der Waals surface area contributed by atoms with Gasteiger partial charge in [0.1, 0.15) is 0 Å². The number of aryl methyl sites for hydroxylation is 1. The molecule has 2 rings (SSSR count). The van der Waals surface area contributed by atoms with E-state index in [1.54, 1.807) is 0 Å². The van der Waals surface area contributed by atoms with Crippen molar-refractivity contribution in [1.29, 1.82) is 0 Å². The van der Waals surface area contributed by atoms with Crippen molar-refractivity contribution in [2.45, 2.75) is 19.9 Å². The largest absolute Gasteiger partial charge is 0.284 e. The van der Waals surface area contributed by atoms with Crippen molar-refractivity contribution in [3.8, 4) is 0 Å². The summed E-state index contributed by atoms with van der Waals surface area (Å²) in [7, 11) is 0. The van der Waals surface area contributed by atoms with Gasteiger partial charge in [-0.2, -0.15) is 0 Å². The maximum atomic E-state index is 11.4. The Labute approximate surface area is 76.0 Å². The smallest absolute Gasteiger partial charge is 0.271 e. The van der Waals surface area contributed by atoms with Gasteiger partial charge in [-0.05, 0) is 18.6 Å². The zero-order chi connectivity index (χ0) is 9.26. The zero-order valence-corrected chi connectivity index (χ0v) is 7.58. The molecule has 0 amide bonds. The van der Waals surface area contributed by atoms with Crippen LogP contribution in [0.2, 0.25) is 0 Å². The van der Waals surface area contributed by atoms with Gasteiger partial charge in [0.05, 0.1) is 10.9 Å². The van der Waals surface area contributed by atoms with E-state index in [-0.39, 0.29) is 5.56 Å². The molecule has 3 nitrogen and oxygen atoms in total. The van der Waals surface area contributed by atoms with Gasteiger partial charge in [0.25, 0.3) is 5.56 Å². The maximum Gasteiger partial charge on any atom is 0.271 e. The van der Waals surface area contributed by atoms with Crippen molar-refractivity contribution in [2.24, 2.45) is 0 Å². The predicted octanol–water partition coefficient (Wildman–Crippen LogP) is 1.74. The van der Waals surface area contributed by atoms with E-state index in [1.807, 2.05) is 28.9 Å². The van der Waals surface area contributed by atoms with Crippen LogP contribution in [0.5, 0.6) is 0 Å². The van der Waals surface area contributed by atoms with E-state index in [9.17, 15) is 4.79 Å². The molecule has 0 bridgehead atoms. The zero-order valence-electron chi connectivity index (χ0n) is 7.58. The molecule has 13 heavy (non-hydrogen) atoms. The minimum atomic E-state index is 0.00375. The van der Waals surface area contributed by atoms with Crippen LogP contribution in [0.4, 0.5) is 0 Å². The number of nitrogens with one attached hydrogen (secondary N) is 1. The van der Waals surface area contributed by atoms with Gasteiger partial charge < -0.3 is 0 Å². The number of fused-ring (bicyclic) bond motifs is 1. The van der Waals surface area contributed by atoms with Crippen LogP contribution in [-0.2, 0) is 6.54 Å². The van der Waals surface area contributed by atoms with Crippen LogP contribution in [0, 0.1) is 0 Å². The molecule has 0 spiro atoms. The van der Waals surface area contributed by atoms with E-state index in [0.717, 1.165) is 23.9 Å². The molecule has 0 saturated carbocycles. The van der Waals surface area contributed by atoms with Crippen LogP contribution in [0.15, 0.2) is 29.1 Å². The number of hydrogen-bond donors (Lipinski definition) is 1. The highest BCUT2D eigenvalue weighted by Gasteiger charge is 2.02. The fraction of sp³-hybridized carbons (Fsp3) is 0.300. The minimum Gasteiger partial charge on any atom is -0.284 e. The van der Waals surface area contributed by atoms with E-state index in [1.165, 1.54) is 0 Å². The SMILES string of the molecule is CCCn1[nH]c(=O)c2ccccc21. The standard InChI is InChI=1S/C10H12N2O/c1-2-7-12-9-6-4-3-5-8(9)10(13)11-12/h3-6H,2,7H2,1H3,(H,11,13). The summed E-state index contributed by atoms with van der Waals surface area (Å²) in [5.41, 5.74) is 0.999. The lowest BCUT2D eigenvalue weighted by molar-refractivity contribution is 0.617. The second-order valence-electron chi connectivity index (χ2n) is 3.11. The molecule has 1 N–H and O–H groups in total. The molecule has 0 fully saturated rings. The average molecular weight is 176 g/mol. The lowest BCUT2D eigenvalue weighted by Gasteiger charge is -1.99. The summed E-state index contributed by atoms with van der Waals surface area (Å²) in [5.74, 6) is 0. The number of rotatable bonds is 2. The number of aromatic nitrogens is 2. The van der Waals surface area contributed by atoms with Crippen molar-refractivity contribution in [1.82, 2.24) is 9.78 Å². The second-order valence-corrected chi connectivity index (χ2v) is 3.11. The number of nitrogens with zero attached hydrogens (tertiary/aromatic N) is 1. The molecule has 68 valence electrons. The average Bonchev–Trinajstić information content (AvgIpc) is 2.46. The van der Waals surface area contributed by atoms with E-state index < -0.39 is 0 Å². The molecule has 0 aliphatic heterocycles. The highest BCUT2D eigenvalue weighted by molar-refractivity contribution is 5.78. The van der Waals surface area contributed by atoms with Crippen molar-refractivity contribution in [2.75, 3.05) is 0 Å². The van der Waals surface area contributed by atoms with Gasteiger partial charge >= 0.3 is 0 Å². The van der Waals surface area contributed by atoms with Crippen LogP contribution >= 0.6 is 0 Å². The molecular weight excluding hydrogens is 164 g/mol. The fourth-order valence-corrected chi connectivity index (χ4v) is 1.54. The van der Waals surface area contributed by atoms with Crippen molar-refractivity contribution in [3.05, 3.63) is 34.6 Å². The van der Waals surface area contributed by atoms with Gasteiger partial charge in [0.2, 0.25) is 0 Å². The summed E-state index contributed by atoms with van der Waals surface area (Å²) >= 11 is 0. The third kappa shape index (κ3) is 1.26. The molecule has 0 aliphatic rings. The Kier molecular flexibility index (Phi) is 1.93. The predicted molar refractivity (Wildman–Crippen MR) is 52.8 cm³/mol. The minimum absolute atomic E-state index is 0.00375. The van der Waals surface area contributed by atoms with E-state index in [2.05, 4.69) is 12.0 Å². The van der Waals surface area contributed by atoms with Crippen LogP contribution in [0.1, 0.15) is 13.3 Å². The highest BCUT2D eigenvalue weighted by Crippen LogP contribution is 2.08. The summed E-state index contributed by atoms with van der Waals surface area (Å²) in [6.07, 6.45) is 1.02. The first-order valence-corrected chi connectivity index (χ1v) is 4.50. The van der Waals surface area contributed by atoms with Gasteiger partial charge in [-0.1, -0.05) is 19.1 Å². The lowest BCUT2D eigenvalue weighted by Crippen LogP contribution is -2.05. The van der Waals surface area contributed by atoms with Gasteiger partial charge in [-0.3, -0.25) is 14.6 Å². The first kappa shape index (κ1) is 8.10. The van der Waals surface area contributed by atoms with Gasteiger partial charge in [-0.25, -0.2) is 0 Å². The normalized spacial score (nSPS) is 10.8. The van der Waals surface area contributed by atoms with E-state index in [4.69, 9.17) is 0 Å². The quantitative estimate of drug-likeness (QED) is 0.743. The monoisotopic (exact) mass is 176 g/mol. The molecule has 0 atom stereocenters. The van der Waals surface area contributed by atoms with Crippen LogP contribution < -0.4 is 5.56 Å². The van der Waals surface area contributed by atoms with Crippen LogP contribution in [0.25, 0.3) is 10.9 Å². The van der Waals surface area contributed by atoms with Crippen molar-refractivity contribution >= 4 is 10.9 Å². The molecule has 0 radical (unpaired) electrons. The third-order valence-corrected chi connectivity index (χ3v) is 2.12. The summed E-state index contributed by atoms with van der Waals surface area (Å²) < 4.78 is 1.90. The van der Waals surface area contributed by atoms with Crippen LogP contribution in [0.3, 0.4) is 0 Å². The molecule has 1 aromatic carbocycles. The summed E-state index contributed by atoms with van der Waals surface area (Å²) in [5, 5.41) is 3.59. The Morgan fingerprint density at radius 3 is 2.92 bits per heavy atom. The molecule has 0 unspecified atom stereocenters. The Morgan fingerprint density at radius 1 is 1.38 bits per heavy atom. The maximum absolute atomic E-state index is 11.4. The van der Waals surface area contributed by atoms with Gasteiger partial charge in [0, 0.05) is 6.54 Å². The first-order valence-electron chi connectivity index (χ1n) is 4.50. The van der Waals surface area contributed by atoms with Gasteiger partial charge in [0.15, 0.2) is 0 Å². The molecule has 0 aliphatic carbocycles. The van der Waals surface area contributed by atoms with Crippen molar-refractivity contribution in [3.63, 3.8) is 0 Å². The molecule has 2 aromatic rings. The van der Waals surface area contributed by atoms with E-state index >= 15 is 0 Å². The fourth-order valence-electron chi connectivity index (χ4n) is 1.54. The molecular formula is C10H12N2O. The highest BCUT2D eigenvalue weighted by atomic mass is 16.1. The van der Waals surface area contributed by atoms with Crippen LogP contribution in [-0.4, -0.2) is 9.78 Å². The number of aromatic amines is 1. The Hall–Kier alpha value is -1.51. The molecule has 0 saturated heterocycles. The lowest BCUT2D eigenvalue weighted by atomic mass is 10.2. The van der Waals surface area contributed by atoms with Crippen molar-refractivity contribution < 1.29 is 0 Å². The molecule has 1 heterocycles. The number of para-hydroxylation sites is 1. The molecule has 3 heteroatoms. The third-order valence-electron chi connectivity index (χ3n) is 2.12. The summed E-state index contributed by atoms with van der Waals surface area (Å²) in [6.45, 7) is 2.95. The van der Waals surface area contributed by atoms with E-state index in [0.29, 0.717) is 0 Å². The summed E-state index contributed by atoms with van der Waals surface area (Å²) in [6, 6.07) is 7.64.